The van der Waals surface area contributed by atoms with Gasteiger partial charge in [0.25, 0.3) is 5.89 Å². The summed E-state index contributed by atoms with van der Waals surface area (Å²) >= 11 is 0. The Kier molecular flexibility index (Phi) is 6.18. The average Bonchev–Trinajstić information content (AvgIpc) is 3.25. The minimum atomic E-state index is -0.606. The monoisotopic (exact) mass is 400 g/mol. The van der Waals surface area contributed by atoms with E-state index >= 15 is 0 Å². The number of ether oxygens (including phenoxy) is 5. The van der Waals surface area contributed by atoms with Crippen molar-refractivity contribution in [2.45, 2.75) is 6.61 Å². The van der Waals surface area contributed by atoms with Gasteiger partial charge in [0.1, 0.15) is 5.75 Å². The highest BCUT2D eigenvalue weighted by Gasteiger charge is 2.19. The van der Waals surface area contributed by atoms with Crippen LogP contribution < -0.4 is 18.9 Å². The Morgan fingerprint density at radius 2 is 1.69 bits per heavy atom. The fourth-order valence-corrected chi connectivity index (χ4v) is 2.60. The number of carbonyl (C=O) groups is 1. The van der Waals surface area contributed by atoms with Gasteiger partial charge < -0.3 is 28.2 Å². The Hall–Kier alpha value is -3.75. The number of benzene rings is 2. The number of rotatable bonds is 8. The van der Waals surface area contributed by atoms with Crippen molar-refractivity contribution in [2.24, 2.45) is 0 Å². The van der Waals surface area contributed by atoms with Crippen molar-refractivity contribution < 1.29 is 33.0 Å². The number of aromatic nitrogens is 2. The summed E-state index contributed by atoms with van der Waals surface area (Å²) in [5.74, 6) is 1.65. The van der Waals surface area contributed by atoms with Crippen molar-refractivity contribution in [2.75, 3.05) is 28.4 Å². The predicted octanol–water partition coefficient (Wildman–Crippen LogP) is 3.13. The lowest BCUT2D eigenvalue weighted by molar-refractivity contribution is 0.0429. The van der Waals surface area contributed by atoms with Crippen molar-refractivity contribution >= 4 is 5.97 Å². The Morgan fingerprint density at radius 1 is 0.966 bits per heavy atom. The number of esters is 1. The van der Waals surface area contributed by atoms with Crippen molar-refractivity contribution in [3.63, 3.8) is 0 Å². The molecule has 0 N–H and O–H groups in total. The molecule has 0 fully saturated rings. The molecule has 0 bridgehead atoms. The fraction of sp³-hybridized carbons (Fsp3) is 0.250. The lowest BCUT2D eigenvalue weighted by atomic mass is 10.2. The van der Waals surface area contributed by atoms with Gasteiger partial charge in [-0.2, -0.15) is 4.98 Å². The van der Waals surface area contributed by atoms with E-state index in [1.165, 1.54) is 33.5 Å². The van der Waals surface area contributed by atoms with Crippen LogP contribution in [0.3, 0.4) is 0 Å². The van der Waals surface area contributed by atoms with Crippen LogP contribution in [-0.2, 0) is 11.3 Å². The topological polar surface area (TPSA) is 102 Å². The van der Waals surface area contributed by atoms with Crippen LogP contribution in [0, 0.1) is 0 Å². The van der Waals surface area contributed by atoms with Gasteiger partial charge in [0.05, 0.1) is 34.0 Å². The molecule has 1 aromatic heterocycles. The summed E-state index contributed by atoms with van der Waals surface area (Å²) in [6.45, 7) is -0.188. The molecule has 29 heavy (non-hydrogen) atoms. The van der Waals surface area contributed by atoms with Crippen LogP contribution in [0.15, 0.2) is 40.9 Å². The fourth-order valence-electron chi connectivity index (χ4n) is 2.60. The summed E-state index contributed by atoms with van der Waals surface area (Å²) in [4.78, 5) is 16.7. The summed E-state index contributed by atoms with van der Waals surface area (Å²) in [5.41, 5.74) is 0.947. The lowest BCUT2D eigenvalue weighted by Gasteiger charge is -2.13. The molecule has 3 rings (SSSR count). The van der Waals surface area contributed by atoms with E-state index in [2.05, 4.69) is 10.1 Å². The second-order valence-electron chi connectivity index (χ2n) is 5.73. The zero-order chi connectivity index (χ0) is 20.8. The van der Waals surface area contributed by atoms with E-state index in [0.29, 0.717) is 28.8 Å². The van der Waals surface area contributed by atoms with Gasteiger partial charge in [-0.3, -0.25) is 0 Å². The second kappa shape index (κ2) is 8.96. The first-order chi connectivity index (χ1) is 14.1. The van der Waals surface area contributed by atoms with Crippen LogP contribution in [0.4, 0.5) is 0 Å². The van der Waals surface area contributed by atoms with E-state index in [0.717, 1.165) is 5.56 Å². The zero-order valence-electron chi connectivity index (χ0n) is 16.4. The highest BCUT2D eigenvalue weighted by molar-refractivity contribution is 5.91. The maximum atomic E-state index is 12.4. The van der Waals surface area contributed by atoms with E-state index < -0.39 is 5.97 Å². The Bertz CT molecular complexity index is 975. The van der Waals surface area contributed by atoms with Crippen molar-refractivity contribution in [1.29, 1.82) is 0 Å². The third kappa shape index (κ3) is 4.40. The van der Waals surface area contributed by atoms with Gasteiger partial charge in [0, 0.05) is 5.56 Å². The molecule has 0 radical (unpaired) electrons. The van der Waals surface area contributed by atoms with Gasteiger partial charge in [-0.1, -0.05) is 17.3 Å². The molecule has 9 heteroatoms. The largest absolute Gasteiger partial charge is 0.497 e. The zero-order valence-corrected chi connectivity index (χ0v) is 16.4. The van der Waals surface area contributed by atoms with Gasteiger partial charge in [0.15, 0.2) is 18.1 Å². The van der Waals surface area contributed by atoms with E-state index in [9.17, 15) is 4.79 Å². The quantitative estimate of drug-likeness (QED) is 0.528. The molecule has 0 aliphatic carbocycles. The van der Waals surface area contributed by atoms with E-state index in [-0.39, 0.29) is 18.1 Å². The van der Waals surface area contributed by atoms with E-state index in [1.807, 2.05) is 18.2 Å². The molecule has 2 aromatic carbocycles. The number of nitrogens with zero attached hydrogens (tertiary/aromatic N) is 2. The molecule has 0 aliphatic rings. The highest BCUT2D eigenvalue weighted by Crippen LogP contribution is 2.38. The summed E-state index contributed by atoms with van der Waals surface area (Å²) < 4.78 is 31.3. The molecular formula is C20H20N2O7. The van der Waals surface area contributed by atoms with Gasteiger partial charge in [-0.25, -0.2) is 4.79 Å². The predicted molar refractivity (Wildman–Crippen MR) is 102 cm³/mol. The van der Waals surface area contributed by atoms with Gasteiger partial charge in [0.2, 0.25) is 11.6 Å². The normalized spacial score (nSPS) is 10.3. The SMILES string of the molecule is COc1cccc(-c2noc(COC(=O)c3cc(OC)c(OC)c(OC)c3)n2)c1. The molecule has 0 amide bonds. The molecule has 9 nitrogen and oxygen atoms in total. The standard InChI is InChI=1S/C20H20N2O7/c1-24-14-7-5-6-12(8-14)19-21-17(29-22-19)11-28-20(23)13-9-15(25-2)18(27-4)16(10-13)26-3/h5-10H,11H2,1-4H3. The van der Waals surface area contributed by atoms with Gasteiger partial charge in [-0.05, 0) is 24.3 Å². The Balaban J connectivity index is 1.72. The molecule has 0 aliphatic heterocycles. The molecule has 3 aromatic rings. The highest BCUT2D eigenvalue weighted by atomic mass is 16.6. The third-order valence-electron chi connectivity index (χ3n) is 4.02. The van der Waals surface area contributed by atoms with Gasteiger partial charge >= 0.3 is 5.97 Å². The minimum Gasteiger partial charge on any atom is -0.497 e. The third-order valence-corrected chi connectivity index (χ3v) is 4.02. The maximum absolute atomic E-state index is 12.4. The number of methoxy groups -OCH3 is 4. The molecule has 0 saturated carbocycles. The maximum Gasteiger partial charge on any atom is 0.338 e. The van der Waals surface area contributed by atoms with Crippen molar-refractivity contribution in [3.05, 3.63) is 47.9 Å². The van der Waals surface area contributed by atoms with Crippen LogP contribution in [0.2, 0.25) is 0 Å². The average molecular weight is 400 g/mol. The molecule has 1 heterocycles. The summed E-state index contributed by atoms with van der Waals surface area (Å²) in [7, 11) is 5.98. The number of hydrogen-bond acceptors (Lipinski definition) is 9. The van der Waals surface area contributed by atoms with Crippen LogP contribution in [0.1, 0.15) is 16.2 Å². The van der Waals surface area contributed by atoms with Crippen LogP contribution in [-0.4, -0.2) is 44.5 Å². The minimum absolute atomic E-state index is 0.156. The lowest BCUT2D eigenvalue weighted by Crippen LogP contribution is -2.07. The Morgan fingerprint density at radius 3 is 2.31 bits per heavy atom. The van der Waals surface area contributed by atoms with E-state index in [1.54, 1.807) is 13.2 Å². The Labute approximate surface area is 167 Å². The summed E-state index contributed by atoms with van der Waals surface area (Å²) in [6, 6.07) is 10.2. The molecule has 0 unspecified atom stereocenters. The second-order valence-corrected chi connectivity index (χ2v) is 5.73. The molecule has 0 spiro atoms. The van der Waals surface area contributed by atoms with Crippen LogP contribution in [0.5, 0.6) is 23.0 Å². The number of carbonyl (C=O) groups excluding carboxylic acids is 1. The first kappa shape index (κ1) is 20.0. The smallest absolute Gasteiger partial charge is 0.338 e. The molecule has 0 saturated heterocycles. The number of hydrogen-bond donors (Lipinski definition) is 0. The van der Waals surface area contributed by atoms with Crippen LogP contribution in [0.25, 0.3) is 11.4 Å². The van der Waals surface area contributed by atoms with E-state index in [4.69, 9.17) is 28.2 Å². The van der Waals surface area contributed by atoms with Crippen molar-refractivity contribution in [1.82, 2.24) is 10.1 Å². The summed E-state index contributed by atoms with van der Waals surface area (Å²) in [5, 5.41) is 3.90. The van der Waals surface area contributed by atoms with Gasteiger partial charge in [-0.15, -0.1) is 0 Å². The summed E-state index contributed by atoms with van der Waals surface area (Å²) in [6.07, 6.45) is 0. The first-order valence-electron chi connectivity index (χ1n) is 8.53. The molecule has 0 atom stereocenters. The van der Waals surface area contributed by atoms with Crippen LogP contribution >= 0.6 is 0 Å². The van der Waals surface area contributed by atoms with Crippen molar-refractivity contribution in [3.8, 4) is 34.4 Å². The molecular weight excluding hydrogens is 380 g/mol. The first-order valence-corrected chi connectivity index (χ1v) is 8.53. The molecule has 152 valence electrons.